The van der Waals surface area contributed by atoms with E-state index in [1.54, 1.807) is 12.4 Å². The molecule has 2 rings (SSSR count). The summed E-state index contributed by atoms with van der Waals surface area (Å²) in [5.74, 6) is 0.794. The lowest BCUT2D eigenvalue weighted by atomic mass is 10.1. The molecular formula is C14H16N2O2. The highest BCUT2D eigenvalue weighted by molar-refractivity contribution is 5.78. The SMILES string of the molecule is Cc1cc(C)cc(OCCC(=O)n2ccnc2)c1. The summed E-state index contributed by atoms with van der Waals surface area (Å²) in [7, 11) is 0. The number of hydrogen-bond acceptors (Lipinski definition) is 3. The molecule has 0 fully saturated rings. The molecule has 1 aromatic heterocycles. The fourth-order valence-corrected chi connectivity index (χ4v) is 1.81. The first kappa shape index (κ1) is 12.4. The van der Waals surface area contributed by atoms with E-state index in [2.05, 4.69) is 11.1 Å². The highest BCUT2D eigenvalue weighted by Crippen LogP contribution is 2.16. The largest absolute Gasteiger partial charge is 0.493 e. The summed E-state index contributed by atoms with van der Waals surface area (Å²) in [5.41, 5.74) is 2.32. The van der Waals surface area contributed by atoms with Crippen LogP contribution in [0.15, 0.2) is 36.9 Å². The Kier molecular flexibility index (Phi) is 3.77. The van der Waals surface area contributed by atoms with E-state index in [-0.39, 0.29) is 5.91 Å². The molecule has 0 bridgehead atoms. The molecule has 0 N–H and O–H groups in total. The summed E-state index contributed by atoms with van der Waals surface area (Å²) < 4.78 is 7.04. The molecule has 0 unspecified atom stereocenters. The third kappa shape index (κ3) is 3.20. The molecule has 0 aliphatic rings. The van der Waals surface area contributed by atoms with Crippen LogP contribution >= 0.6 is 0 Å². The molecule has 0 saturated carbocycles. The summed E-state index contributed by atoms with van der Waals surface area (Å²) in [6.07, 6.45) is 5.06. The first-order chi connectivity index (χ1) is 8.65. The van der Waals surface area contributed by atoms with E-state index >= 15 is 0 Å². The van der Waals surface area contributed by atoms with Crippen LogP contribution in [0.2, 0.25) is 0 Å². The van der Waals surface area contributed by atoms with Gasteiger partial charge in [-0.2, -0.15) is 0 Å². The molecule has 0 radical (unpaired) electrons. The Bertz CT molecular complexity index is 512. The van der Waals surface area contributed by atoms with Crippen LogP contribution in [0, 0.1) is 13.8 Å². The average Bonchev–Trinajstić information content (AvgIpc) is 2.80. The van der Waals surface area contributed by atoms with Gasteiger partial charge in [0.2, 0.25) is 5.91 Å². The maximum Gasteiger partial charge on any atom is 0.235 e. The van der Waals surface area contributed by atoms with Gasteiger partial charge < -0.3 is 4.74 Å². The van der Waals surface area contributed by atoms with Crippen molar-refractivity contribution >= 4 is 5.91 Å². The lowest BCUT2D eigenvalue weighted by molar-refractivity contribution is 0.0881. The average molecular weight is 244 g/mol. The van der Waals surface area contributed by atoms with Gasteiger partial charge in [-0.25, -0.2) is 4.98 Å². The Morgan fingerprint density at radius 2 is 2.00 bits per heavy atom. The van der Waals surface area contributed by atoms with E-state index in [0.29, 0.717) is 13.0 Å². The van der Waals surface area contributed by atoms with Crippen molar-refractivity contribution < 1.29 is 9.53 Å². The Hall–Kier alpha value is -2.10. The van der Waals surface area contributed by atoms with Crippen molar-refractivity contribution in [3.63, 3.8) is 0 Å². The Balaban J connectivity index is 1.87. The number of aromatic nitrogens is 2. The van der Waals surface area contributed by atoms with E-state index in [0.717, 1.165) is 16.9 Å². The third-order valence-corrected chi connectivity index (χ3v) is 2.57. The highest BCUT2D eigenvalue weighted by atomic mass is 16.5. The second kappa shape index (κ2) is 5.49. The summed E-state index contributed by atoms with van der Waals surface area (Å²) in [6, 6.07) is 6.02. The zero-order valence-corrected chi connectivity index (χ0v) is 10.6. The minimum absolute atomic E-state index is 0.0168. The molecule has 0 aliphatic heterocycles. The van der Waals surface area contributed by atoms with E-state index < -0.39 is 0 Å². The van der Waals surface area contributed by atoms with Gasteiger partial charge in [-0.1, -0.05) is 6.07 Å². The molecule has 0 aliphatic carbocycles. The van der Waals surface area contributed by atoms with Crippen molar-refractivity contribution in [2.75, 3.05) is 6.61 Å². The summed E-state index contributed by atoms with van der Waals surface area (Å²) in [6.45, 7) is 4.42. The molecule has 2 aromatic rings. The third-order valence-electron chi connectivity index (χ3n) is 2.57. The van der Waals surface area contributed by atoms with Crippen LogP contribution in [0.5, 0.6) is 5.75 Å². The van der Waals surface area contributed by atoms with Crippen molar-refractivity contribution in [2.24, 2.45) is 0 Å². The van der Waals surface area contributed by atoms with Crippen molar-refractivity contribution in [2.45, 2.75) is 20.3 Å². The number of carbonyl (C=O) groups excluding carboxylic acids is 1. The van der Waals surface area contributed by atoms with Crippen LogP contribution in [-0.2, 0) is 0 Å². The predicted octanol–water partition coefficient (Wildman–Crippen LogP) is 2.61. The van der Waals surface area contributed by atoms with E-state index in [9.17, 15) is 4.79 Å². The van der Waals surface area contributed by atoms with Crippen molar-refractivity contribution in [1.82, 2.24) is 9.55 Å². The molecule has 1 heterocycles. The van der Waals surface area contributed by atoms with Crippen LogP contribution in [0.25, 0.3) is 0 Å². The van der Waals surface area contributed by atoms with Gasteiger partial charge in [-0.15, -0.1) is 0 Å². The van der Waals surface area contributed by atoms with Gasteiger partial charge in [-0.3, -0.25) is 9.36 Å². The Morgan fingerprint density at radius 3 is 2.61 bits per heavy atom. The number of benzene rings is 1. The molecule has 4 heteroatoms. The zero-order chi connectivity index (χ0) is 13.0. The first-order valence-electron chi connectivity index (χ1n) is 5.87. The monoisotopic (exact) mass is 244 g/mol. The molecule has 4 nitrogen and oxygen atoms in total. The van der Waals surface area contributed by atoms with Crippen LogP contribution in [0.3, 0.4) is 0 Å². The first-order valence-corrected chi connectivity index (χ1v) is 5.87. The van der Waals surface area contributed by atoms with Crippen molar-refractivity contribution in [3.05, 3.63) is 48.0 Å². The van der Waals surface area contributed by atoms with E-state index in [1.165, 1.54) is 10.9 Å². The Morgan fingerprint density at radius 1 is 1.28 bits per heavy atom. The number of rotatable bonds is 4. The smallest absolute Gasteiger partial charge is 0.235 e. The number of aryl methyl sites for hydroxylation is 2. The molecule has 1 aromatic carbocycles. The topological polar surface area (TPSA) is 44.1 Å². The van der Waals surface area contributed by atoms with Gasteiger partial charge in [0, 0.05) is 12.4 Å². The summed E-state index contributed by atoms with van der Waals surface area (Å²) in [5, 5.41) is 0. The molecule has 0 amide bonds. The van der Waals surface area contributed by atoms with E-state index in [4.69, 9.17) is 4.74 Å². The van der Waals surface area contributed by atoms with Gasteiger partial charge in [0.05, 0.1) is 13.0 Å². The molecule has 0 atom stereocenters. The molecular weight excluding hydrogens is 228 g/mol. The van der Waals surface area contributed by atoms with Crippen molar-refractivity contribution in [3.8, 4) is 5.75 Å². The maximum atomic E-state index is 11.7. The van der Waals surface area contributed by atoms with Crippen LogP contribution in [0.4, 0.5) is 0 Å². The molecule has 0 saturated heterocycles. The number of nitrogens with zero attached hydrogens (tertiary/aromatic N) is 2. The van der Waals surface area contributed by atoms with Crippen LogP contribution in [-0.4, -0.2) is 22.1 Å². The zero-order valence-electron chi connectivity index (χ0n) is 10.6. The summed E-state index contributed by atoms with van der Waals surface area (Å²) >= 11 is 0. The van der Waals surface area contributed by atoms with Gasteiger partial charge in [-0.05, 0) is 37.1 Å². The van der Waals surface area contributed by atoms with Crippen molar-refractivity contribution in [1.29, 1.82) is 0 Å². The number of carbonyl (C=O) groups is 1. The lowest BCUT2D eigenvalue weighted by Crippen LogP contribution is -2.12. The summed E-state index contributed by atoms with van der Waals surface area (Å²) in [4.78, 5) is 15.5. The number of imidazole rings is 1. The van der Waals surface area contributed by atoms with Gasteiger partial charge in [0.1, 0.15) is 12.1 Å². The molecule has 94 valence electrons. The van der Waals surface area contributed by atoms with Gasteiger partial charge >= 0.3 is 0 Å². The standard InChI is InChI=1S/C14H16N2O2/c1-11-7-12(2)9-13(8-11)18-6-3-14(17)16-5-4-15-10-16/h4-5,7-10H,3,6H2,1-2H3. The fraction of sp³-hybridized carbons (Fsp3) is 0.286. The fourth-order valence-electron chi connectivity index (χ4n) is 1.81. The second-order valence-corrected chi connectivity index (χ2v) is 4.29. The van der Waals surface area contributed by atoms with E-state index in [1.807, 2.05) is 26.0 Å². The molecule has 18 heavy (non-hydrogen) atoms. The second-order valence-electron chi connectivity index (χ2n) is 4.29. The van der Waals surface area contributed by atoms with Crippen LogP contribution in [0.1, 0.15) is 22.3 Å². The lowest BCUT2D eigenvalue weighted by Gasteiger charge is -2.08. The number of ether oxygens (including phenoxy) is 1. The van der Waals surface area contributed by atoms with Gasteiger partial charge in [0.25, 0.3) is 0 Å². The minimum atomic E-state index is -0.0168. The van der Waals surface area contributed by atoms with Crippen LogP contribution < -0.4 is 4.74 Å². The highest BCUT2D eigenvalue weighted by Gasteiger charge is 2.04. The predicted molar refractivity (Wildman–Crippen MR) is 68.9 cm³/mol. The molecule has 0 spiro atoms. The normalized spacial score (nSPS) is 10.3. The maximum absolute atomic E-state index is 11.7. The number of hydrogen-bond donors (Lipinski definition) is 0. The van der Waals surface area contributed by atoms with Gasteiger partial charge in [0.15, 0.2) is 0 Å². The quantitative estimate of drug-likeness (QED) is 0.830. The minimum Gasteiger partial charge on any atom is -0.493 e. The Labute approximate surface area is 106 Å².